The minimum Gasteiger partial charge on any atom is -0.311 e. The molecule has 0 spiro atoms. The number of halogens is 1. The average molecular weight is 301 g/mol. The van der Waals surface area contributed by atoms with Crippen molar-refractivity contribution in [3.05, 3.63) is 65.5 Å². The minimum absolute atomic E-state index is 0.0634. The molecule has 0 fully saturated rings. The van der Waals surface area contributed by atoms with Gasteiger partial charge in [-0.05, 0) is 36.1 Å². The molecule has 0 saturated carbocycles. The summed E-state index contributed by atoms with van der Waals surface area (Å²) >= 11 is 4.44. The SMILES string of the molecule is O=C(C(S)Cc1ccccc1)N1CCc2ccc(F)cc21. The molecule has 0 radical (unpaired) electrons. The Bertz CT molecular complexity index is 659. The highest BCUT2D eigenvalue weighted by Gasteiger charge is 2.28. The number of amides is 1. The highest BCUT2D eigenvalue weighted by molar-refractivity contribution is 7.81. The van der Waals surface area contributed by atoms with Gasteiger partial charge in [-0.1, -0.05) is 36.4 Å². The Kier molecular flexibility index (Phi) is 3.97. The van der Waals surface area contributed by atoms with Gasteiger partial charge < -0.3 is 4.90 Å². The molecule has 1 heterocycles. The van der Waals surface area contributed by atoms with E-state index in [0.29, 0.717) is 18.7 Å². The molecule has 2 aromatic carbocycles. The van der Waals surface area contributed by atoms with E-state index in [0.717, 1.165) is 17.5 Å². The molecule has 0 aromatic heterocycles. The number of carbonyl (C=O) groups is 1. The summed E-state index contributed by atoms with van der Waals surface area (Å²) in [6, 6.07) is 14.4. The van der Waals surface area contributed by atoms with Gasteiger partial charge in [-0.15, -0.1) is 0 Å². The van der Waals surface area contributed by atoms with Crippen molar-refractivity contribution in [2.45, 2.75) is 18.1 Å². The van der Waals surface area contributed by atoms with Crippen molar-refractivity contribution < 1.29 is 9.18 Å². The third kappa shape index (κ3) is 2.95. The fourth-order valence-corrected chi connectivity index (χ4v) is 3.04. The Morgan fingerprint density at radius 2 is 2.00 bits per heavy atom. The van der Waals surface area contributed by atoms with E-state index in [-0.39, 0.29) is 11.7 Å². The topological polar surface area (TPSA) is 20.3 Å². The first kappa shape index (κ1) is 14.1. The van der Waals surface area contributed by atoms with Gasteiger partial charge in [0, 0.05) is 12.2 Å². The van der Waals surface area contributed by atoms with E-state index in [1.54, 1.807) is 11.0 Å². The summed E-state index contributed by atoms with van der Waals surface area (Å²) in [5.41, 5.74) is 2.78. The molecule has 2 aromatic rings. The Morgan fingerprint density at radius 3 is 2.76 bits per heavy atom. The molecule has 0 aliphatic carbocycles. The highest BCUT2D eigenvalue weighted by Crippen LogP contribution is 2.30. The van der Waals surface area contributed by atoms with Crippen LogP contribution in [0, 0.1) is 5.82 Å². The lowest BCUT2D eigenvalue weighted by atomic mass is 10.1. The standard InChI is InChI=1S/C17H16FNOS/c18-14-7-6-13-8-9-19(15(13)11-14)17(20)16(21)10-12-4-2-1-3-5-12/h1-7,11,16,21H,8-10H2. The first-order valence-electron chi connectivity index (χ1n) is 6.97. The Labute approximate surface area is 129 Å². The van der Waals surface area contributed by atoms with E-state index in [4.69, 9.17) is 0 Å². The molecule has 0 saturated heterocycles. The summed E-state index contributed by atoms with van der Waals surface area (Å²) in [6.45, 7) is 0.601. The zero-order valence-electron chi connectivity index (χ0n) is 11.5. The lowest BCUT2D eigenvalue weighted by molar-refractivity contribution is -0.118. The van der Waals surface area contributed by atoms with Crippen molar-refractivity contribution in [3.63, 3.8) is 0 Å². The lowest BCUT2D eigenvalue weighted by Gasteiger charge is -2.21. The van der Waals surface area contributed by atoms with Crippen LogP contribution in [0.5, 0.6) is 0 Å². The number of rotatable bonds is 3. The van der Waals surface area contributed by atoms with Gasteiger partial charge in [0.05, 0.1) is 5.25 Å². The van der Waals surface area contributed by atoms with Crippen LogP contribution in [-0.2, 0) is 17.6 Å². The van der Waals surface area contributed by atoms with E-state index in [1.165, 1.54) is 12.1 Å². The van der Waals surface area contributed by atoms with Crippen LogP contribution in [-0.4, -0.2) is 17.7 Å². The van der Waals surface area contributed by atoms with Gasteiger partial charge in [-0.25, -0.2) is 4.39 Å². The van der Waals surface area contributed by atoms with Crippen molar-refractivity contribution in [2.75, 3.05) is 11.4 Å². The Balaban J connectivity index is 1.76. The van der Waals surface area contributed by atoms with Crippen molar-refractivity contribution in [1.29, 1.82) is 0 Å². The fraction of sp³-hybridized carbons (Fsp3) is 0.235. The maximum absolute atomic E-state index is 13.4. The number of carbonyl (C=O) groups excluding carboxylic acids is 1. The van der Waals surface area contributed by atoms with E-state index in [1.807, 2.05) is 30.3 Å². The van der Waals surface area contributed by atoms with E-state index >= 15 is 0 Å². The smallest absolute Gasteiger partial charge is 0.240 e. The summed E-state index contributed by atoms with van der Waals surface area (Å²) in [5.74, 6) is -0.376. The van der Waals surface area contributed by atoms with Crippen LogP contribution in [0.2, 0.25) is 0 Å². The van der Waals surface area contributed by atoms with Gasteiger partial charge in [0.25, 0.3) is 0 Å². The van der Waals surface area contributed by atoms with E-state index in [2.05, 4.69) is 12.6 Å². The molecule has 21 heavy (non-hydrogen) atoms. The molecule has 1 atom stereocenters. The third-order valence-electron chi connectivity index (χ3n) is 3.77. The van der Waals surface area contributed by atoms with Crippen molar-refractivity contribution in [3.8, 4) is 0 Å². The number of fused-ring (bicyclic) bond motifs is 1. The Hall–Kier alpha value is -1.81. The maximum atomic E-state index is 13.4. The van der Waals surface area contributed by atoms with Crippen molar-refractivity contribution >= 4 is 24.2 Å². The minimum atomic E-state index is -0.415. The fourth-order valence-electron chi connectivity index (χ4n) is 2.69. The van der Waals surface area contributed by atoms with Crippen LogP contribution < -0.4 is 4.90 Å². The van der Waals surface area contributed by atoms with Crippen LogP contribution in [0.3, 0.4) is 0 Å². The summed E-state index contributed by atoms with van der Waals surface area (Å²) in [7, 11) is 0. The molecule has 1 unspecified atom stereocenters. The van der Waals surface area contributed by atoms with E-state index in [9.17, 15) is 9.18 Å². The third-order valence-corrected chi connectivity index (χ3v) is 4.17. The van der Waals surface area contributed by atoms with E-state index < -0.39 is 5.25 Å². The molecule has 4 heteroatoms. The van der Waals surface area contributed by atoms with Crippen LogP contribution in [0.15, 0.2) is 48.5 Å². The van der Waals surface area contributed by atoms with Gasteiger partial charge >= 0.3 is 0 Å². The maximum Gasteiger partial charge on any atom is 0.240 e. The van der Waals surface area contributed by atoms with Crippen LogP contribution in [0.1, 0.15) is 11.1 Å². The molecular formula is C17H16FNOS. The first-order valence-corrected chi connectivity index (χ1v) is 7.48. The van der Waals surface area contributed by atoms with Gasteiger partial charge in [0.2, 0.25) is 5.91 Å². The number of nitrogens with zero attached hydrogens (tertiary/aromatic N) is 1. The second-order valence-electron chi connectivity index (χ2n) is 5.22. The van der Waals surface area contributed by atoms with Crippen LogP contribution in [0.4, 0.5) is 10.1 Å². The number of benzene rings is 2. The summed E-state index contributed by atoms with van der Waals surface area (Å²) in [6.07, 6.45) is 1.34. The zero-order chi connectivity index (χ0) is 14.8. The Morgan fingerprint density at radius 1 is 1.24 bits per heavy atom. The monoisotopic (exact) mass is 301 g/mol. The molecule has 1 amide bonds. The number of anilines is 1. The lowest BCUT2D eigenvalue weighted by Crippen LogP contribution is -2.36. The van der Waals surface area contributed by atoms with Crippen LogP contribution >= 0.6 is 12.6 Å². The van der Waals surface area contributed by atoms with Gasteiger partial charge in [-0.2, -0.15) is 12.6 Å². The van der Waals surface area contributed by atoms with Gasteiger partial charge in [0.1, 0.15) is 5.82 Å². The normalized spacial score (nSPS) is 14.9. The van der Waals surface area contributed by atoms with Gasteiger partial charge in [0.15, 0.2) is 0 Å². The van der Waals surface area contributed by atoms with Crippen molar-refractivity contribution in [2.24, 2.45) is 0 Å². The predicted molar refractivity (Wildman–Crippen MR) is 85.4 cm³/mol. The quantitative estimate of drug-likeness (QED) is 0.863. The second kappa shape index (κ2) is 5.90. The zero-order valence-corrected chi connectivity index (χ0v) is 12.4. The molecule has 108 valence electrons. The van der Waals surface area contributed by atoms with Crippen molar-refractivity contribution in [1.82, 2.24) is 0 Å². The molecule has 0 N–H and O–H groups in total. The van der Waals surface area contributed by atoms with Gasteiger partial charge in [-0.3, -0.25) is 4.79 Å². The predicted octanol–water partition coefficient (Wildman–Crippen LogP) is 3.26. The summed E-state index contributed by atoms with van der Waals surface area (Å²) in [5, 5.41) is -0.415. The molecule has 3 rings (SSSR count). The average Bonchev–Trinajstić information content (AvgIpc) is 2.90. The highest BCUT2D eigenvalue weighted by atomic mass is 32.1. The van der Waals surface area contributed by atoms with Crippen LogP contribution in [0.25, 0.3) is 0 Å². The number of hydrogen-bond donors (Lipinski definition) is 1. The molecule has 1 aliphatic rings. The molecule has 0 bridgehead atoms. The first-order chi connectivity index (χ1) is 10.1. The largest absolute Gasteiger partial charge is 0.311 e. The molecule has 1 aliphatic heterocycles. The molecular weight excluding hydrogens is 285 g/mol. The number of thiol groups is 1. The second-order valence-corrected chi connectivity index (χ2v) is 5.84. The molecule has 2 nitrogen and oxygen atoms in total. The summed E-state index contributed by atoms with van der Waals surface area (Å²) in [4.78, 5) is 14.2. The summed E-state index contributed by atoms with van der Waals surface area (Å²) < 4.78 is 13.4. The number of hydrogen-bond acceptors (Lipinski definition) is 2.